The number of H-pyrrole nitrogens is 1. The van der Waals surface area contributed by atoms with Crippen LogP contribution in [0.1, 0.15) is 55.0 Å². The van der Waals surface area contributed by atoms with Crippen molar-refractivity contribution >= 4 is 28.9 Å². The van der Waals surface area contributed by atoms with Gasteiger partial charge in [0.05, 0.1) is 6.04 Å². The van der Waals surface area contributed by atoms with Crippen molar-refractivity contribution in [3.05, 3.63) is 47.7 Å². The molecule has 12 nitrogen and oxygen atoms in total. The number of hydrogen-bond donors (Lipinski definition) is 4. The van der Waals surface area contributed by atoms with E-state index >= 15 is 0 Å². The van der Waals surface area contributed by atoms with Gasteiger partial charge in [-0.3, -0.25) is 4.79 Å². The van der Waals surface area contributed by atoms with Crippen molar-refractivity contribution in [2.75, 3.05) is 6.54 Å². The average molecular weight is 471 g/mol. The molecule has 7 N–H and O–H groups in total. The number of benzene rings is 1. The third-order valence-electron chi connectivity index (χ3n) is 5.97. The van der Waals surface area contributed by atoms with Crippen molar-refractivity contribution in [1.82, 2.24) is 25.3 Å². The third kappa shape index (κ3) is 5.01. The van der Waals surface area contributed by atoms with Gasteiger partial charge in [0.2, 0.25) is 5.89 Å². The minimum Gasteiger partial charge on any atom is -0.563 e. The average Bonchev–Trinajstić information content (AvgIpc) is 3.56. The molecule has 0 bridgehead atoms. The summed E-state index contributed by atoms with van der Waals surface area (Å²) in [5.74, 6) is -1.51. The monoisotopic (exact) mass is 471 g/mol. The molecule has 3 heterocycles. The van der Waals surface area contributed by atoms with Gasteiger partial charge in [0, 0.05) is 41.3 Å². The summed E-state index contributed by atoms with van der Waals surface area (Å²) < 4.78 is 5.42. The summed E-state index contributed by atoms with van der Waals surface area (Å²) in [6, 6.07) is 4.97. The molecule has 0 spiro atoms. The molecule has 2 amide bonds. The van der Waals surface area contributed by atoms with E-state index in [1.54, 1.807) is 0 Å². The lowest BCUT2D eigenvalue weighted by Crippen LogP contribution is -2.47. The number of nitrogens with one attached hydrogen (secondary N) is 2. The molecule has 1 aromatic carbocycles. The first-order valence-electron chi connectivity index (χ1n) is 11.0. The maximum absolute atomic E-state index is 13.0. The molecule has 3 atom stereocenters. The van der Waals surface area contributed by atoms with E-state index in [0.29, 0.717) is 25.8 Å². The molecule has 1 aliphatic heterocycles. The number of carbonyl (C=O) groups is 3. The standard InChI is InChI=1S/C22H26N6O6/c23-14(7-8-18(29)30)19-26-20(34-27-19)16(10-12-11-24-15-5-2-1-4-13(12)15)25-22(33)28-9-3-6-17(28)21(31)32/h1-2,4-5,11,14,16-17,24H,3,6-10,23H2,(H,25,33)(H,29,30)(H,31,32)/p+1/t14-,16-,17-/m0/s1. The van der Waals surface area contributed by atoms with Crippen molar-refractivity contribution in [2.45, 2.75) is 50.2 Å². The number of nitrogens with zero attached hydrogens (tertiary/aromatic N) is 3. The van der Waals surface area contributed by atoms with Gasteiger partial charge in [-0.25, -0.2) is 4.79 Å². The van der Waals surface area contributed by atoms with Crippen LogP contribution in [-0.2, 0) is 16.0 Å². The van der Waals surface area contributed by atoms with E-state index < -0.39 is 36.1 Å². The van der Waals surface area contributed by atoms with Crippen LogP contribution in [-0.4, -0.2) is 60.8 Å². The number of aromatic nitrogens is 3. The van der Waals surface area contributed by atoms with Crippen LogP contribution >= 0.6 is 0 Å². The number of aliphatic carboxylic acids is 1. The van der Waals surface area contributed by atoms with Gasteiger partial charge in [-0.2, -0.15) is 4.98 Å². The minimum atomic E-state index is -0.979. The van der Waals surface area contributed by atoms with Crippen molar-refractivity contribution in [2.24, 2.45) is 5.73 Å². The highest BCUT2D eigenvalue weighted by Crippen LogP contribution is 2.26. The predicted octanol–water partition coefficient (Wildman–Crippen LogP) is 1.12. The molecule has 0 saturated carbocycles. The molecule has 12 heteroatoms. The Hall–Kier alpha value is -3.93. The second-order valence-electron chi connectivity index (χ2n) is 8.31. The van der Waals surface area contributed by atoms with E-state index in [4.69, 9.17) is 20.5 Å². The van der Waals surface area contributed by atoms with Crippen molar-refractivity contribution in [1.29, 1.82) is 0 Å². The van der Waals surface area contributed by atoms with Crippen LogP contribution < -0.4 is 11.1 Å². The summed E-state index contributed by atoms with van der Waals surface area (Å²) in [4.78, 5) is 44.4. The molecule has 4 rings (SSSR count). The summed E-state index contributed by atoms with van der Waals surface area (Å²) in [7, 11) is 0. The molecular weight excluding hydrogens is 444 g/mol. The molecule has 1 saturated heterocycles. The zero-order chi connectivity index (χ0) is 24.2. The second-order valence-corrected chi connectivity index (χ2v) is 8.31. The van der Waals surface area contributed by atoms with Crippen LogP contribution in [0, 0.1) is 0 Å². The summed E-state index contributed by atoms with van der Waals surface area (Å²) in [6.45, 7) is 0.371. The van der Waals surface area contributed by atoms with Gasteiger partial charge in [0.25, 0.3) is 0 Å². The predicted molar refractivity (Wildman–Crippen MR) is 120 cm³/mol. The smallest absolute Gasteiger partial charge is 0.538 e. The van der Waals surface area contributed by atoms with Crippen LogP contribution in [0.15, 0.2) is 35.0 Å². The summed E-state index contributed by atoms with van der Waals surface area (Å²) >= 11 is 0. The number of urea groups is 1. The summed E-state index contributed by atoms with van der Waals surface area (Å²) in [5.41, 5.74) is 7.85. The Morgan fingerprint density at radius 1 is 1.35 bits per heavy atom. The van der Waals surface area contributed by atoms with E-state index in [1.807, 2.05) is 30.5 Å². The maximum atomic E-state index is 13.0. The zero-order valence-electron chi connectivity index (χ0n) is 18.4. The molecule has 180 valence electrons. The number of rotatable bonds is 9. The highest BCUT2D eigenvalue weighted by Gasteiger charge is 2.40. The van der Waals surface area contributed by atoms with Crippen molar-refractivity contribution in [3.63, 3.8) is 0 Å². The Balaban J connectivity index is 1.58. The first kappa shape index (κ1) is 23.2. The van der Waals surface area contributed by atoms with Gasteiger partial charge in [-0.1, -0.05) is 23.4 Å². The Morgan fingerprint density at radius 3 is 2.91 bits per heavy atom. The van der Waals surface area contributed by atoms with Gasteiger partial charge in [-0.05, 0) is 30.9 Å². The Morgan fingerprint density at radius 2 is 2.15 bits per heavy atom. The van der Waals surface area contributed by atoms with Crippen LogP contribution in [0.2, 0.25) is 0 Å². The maximum Gasteiger partial charge on any atom is 0.538 e. The fourth-order valence-corrected chi connectivity index (χ4v) is 4.18. The molecule has 2 aromatic heterocycles. The number of hydrogen-bond acceptors (Lipinski definition) is 7. The number of para-hydroxylation sites is 1. The Labute approximate surface area is 194 Å². The fraction of sp³-hybridized carbons (Fsp3) is 0.409. The molecular formula is C22H27N6O6+. The van der Waals surface area contributed by atoms with Crippen LogP contribution in [0.5, 0.6) is 0 Å². The van der Waals surface area contributed by atoms with E-state index in [0.717, 1.165) is 16.5 Å². The first-order chi connectivity index (χ1) is 16.3. The zero-order valence-corrected chi connectivity index (χ0v) is 18.4. The Bertz CT molecular complexity index is 1190. The van der Waals surface area contributed by atoms with Crippen molar-refractivity contribution < 1.29 is 29.1 Å². The second kappa shape index (κ2) is 9.91. The number of likely N-dealkylation sites (tertiary alicyclic amines) is 1. The fourth-order valence-electron chi connectivity index (χ4n) is 4.18. The lowest BCUT2D eigenvalue weighted by Gasteiger charge is -2.23. The number of carbonyl (C=O) groups excluding carboxylic acids is 2. The highest BCUT2D eigenvalue weighted by atomic mass is 16.5. The Kier molecular flexibility index (Phi) is 6.77. The number of aromatic amines is 1. The molecule has 34 heavy (non-hydrogen) atoms. The van der Waals surface area contributed by atoms with Gasteiger partial charge in [-0.15, -0.1) is 0 Å². The summed E-state index contributed by atoms with van der Waals surface area (Å²) in [6.07, 6.45) is 3.23. The largest absolute Gasteiger partial charge is 0.563 e. The number of carboxylic acid groups (broad SMARTS) is 1. The number of fused-ring (bicyclic) bond motifs is 1. The SMILES string of the molecule is N[C@@H](CCC(=O)O)c1noc([C@H](Cc2c[nH]c3ccccc23)NC(=O)N2CCC[C@H]2C(=O)[OH2+])n1. The van der Waals surface area contributed by atoms with Gasteiger partial charge < -0.3 is 35.7 Å². The van der Waals surface area contributed by atoms with E-state index in [-0.39, 0.29) is 24.6 Å². The molecule has 3 aromatic rings. The van der Waals surface area contributed by atoms with Crippen LogP contribution in [0.3, 0.4) is 0 Å². The number of nitrogens with two attached hydrogens (primary N) is 1. The molecule has 0 radical (unpaired) electrons. The summed E-state index contributed by atoms with van der Waals surface area (Å²) in [5, 5.41) is 24.1. The van der Waals surface area contributed by atoms with Gasteiger partial charge in [0.1, 0.15) is 6.04 Å². The van der Waals surface area contributed by atoms with Crippen LogP contribution in [0.4, 0.5) is 4.79 Å². The van der Waals surface area contributed by atoms with E-state index in [2.05, 4.69) is 20.4 Å². The number of amides is 2. The van der Waals surface area contributed by atoms with E-state index in [9.17, 15) is 14.4 Å². The highest BCUT2D eigenvalue weighted by molar-refractivity contribution is 5.84. The topological polar surface area (TPSA) is 190 Å². The number of carboxylic acids is 1. The lowest BCUT2D eigenvalue weighted by atomic mass is 10.0. The quantitative estimate of drug-likeness (QED) is 0.334. The molecule has 0 unspecified atom stereocenters. The lowest BCUT2D eigenvalue weighted by molar-refractivity contribution is -0.141. The molecule has 1 fully saturated rings. The minimum absolute atomic E-state index is 0.118. The third-order valence-corrected chi connectivity index (χ3v) is 5.97. The molecule has 0 aliphatic carbocycles. The van der Waals surface area contributed by atoms with Crippen LogP contribution in [0.25, 0.3) is 10.9 Å². The normalized spacial score (nSPS) is 17.6. The van der Waals surface area contributed by atoms with Gasteiger partial charge in [0.15, 0.2) is 11.9 Å². The molecule has 1 aliphatic rings. The first-order valence-corrected chi connectivity index (χ1v) is 11.0. The van der Waals surface area contributed by atoms with Crippen molar-refractivity contribution in [3.8, 4) is 0 Å². The van der Waals surface area contributed by atoms with E-state index in [1.165, 1.54) is 4.90 Å². The van der Waals surface area contributed by atoms with Gasteiger partial charge >= 0.3 is 18.0 Å².